The highest BCUT2D eigenvalue weighted by Gasteiger charge is 1.97. The van der Waals surface area contributed by atoms with Gasteiger partial charge in [0.1, 0.15) is 0 Å². The third kappa shape index (κ3) is 5.37. The van der Waals surface area contributed by atoms with Crippen LogP contribution in [0.5, 0.6) is 0 Å². The minimum absolute atomic E-state index is 0.276. The largest absolute Gasteiger partial charge is 0.396 e. The van der Waals surface area contributed by atoms with Gasteiger partial charge in [0.2, 0.25) is 0 Å². The van der Waals surface area contributed by atoms with Gasteiger partial charge in [-0.1, -0.05) is 6.92 Å². The zero-order valence-corrected chi connectivity index (χ0v) is 10.6. The van der Waals surface area contributed by atoms with Gasteiger partial charge in [-0.25, -0.2) is 0 Å². The number of anilines is 1. The van der Waals surface area contributed by atoms with Crippen molar-refractivity contribution in [3.63, 3.8) is 0 Å². The molecule has 0 aliphatic rings. The highest BCUT2D eigenvalue weighted by Crippen LogP contribution is 2.14. The van der Waals surface area contributed by atoms with Crippen LogP contribution in [0.2, 0.25) is 0 Å². The van der Waals surface area contributed by atoms with Gasteiger partial charge in [0, 0.05) is 30.8 Å². The first-order chi connectivity index (χ1) is 7.86. The molecule has 1 rings (SSSR count). The van der Waals surface area contributed by atoms with E-state index >= 15 is 0 Å². The van der Waals surface area contributed by atoms with Crippen molar-refractivity contribution in [3.8, 4) is 0 Å². The second-order valence-electron chi connectivity index (χ2n) is 3.59. The maximum Gasteiger partial charge on any atom is 0.0523 e. The fourth-order valence-electron chi connectivity index (χ4n) is 1.28. The lowest BCUT2D eigenvalue weighted by Gasteiger charge is -2.06. The summed E-state index contributed by atoms with van der Waals surface area (Å²) in [6, 6.07) is 4.10. The third-order valence-corrected chi connectivity index (χ3v) is 3.17. The summed E-state index contributed by atoms with van der Waals surface area (Å²) in [6.07, 6.45) is 3.83. The number of pyridine rings is 1. The predicted molar refractivity (Wildman–Crippen MR) is 70.9 cm³/mol. The van der Waals surface area contributed by atoms with Gasteiger partial charge in [-0.2, -0.15) is 11.8 Å². The van der Waals surface area contributed by atoms with Crippen LogP contribution >= 0.6 is 11.8 Å². The lowest BCUT2D eigenvalue weighted by molar-refractivity contribution is 0.296. The molecule has 0 aliphatic heterocycles. The number of hydrogen-bond donors (Lipinski definition) is 2. The van der Waals surface area contributed by atoms with E-state index in [9.17, 15) is 0 Å². The molecule has 2 N–H and O–H groups in total. The fraction of sp³-hybridized carbons (Fsp3) is 0.583. The monoisotopic (exact) mass is 240 g/mol. The number of nitrogens with one attached hydrogen (secondary N) is 1. The number of rotatable bonds is 8. The number of thioether (sulfide) groups is 1. The normalized spacial score (nSPS) is 10.4. The molecule has 0 fully saturated rings. The summed E-state index contributed by atoms with van der Waals surface area (Å²) in [6.45, 7) is 3.43. The van der Waals surface area contributed by atoms with Crippen LogP contribution in [0.15, 0.2) is 18.3 Å². The first-order valence-corrected chi connectivity index (χ1v) is 6.89. The standard InChI is InChI=1S/C12H20N2OS/c1-2-5-13-11-4-6-14-12(9-11)10-16-8-3-7-15/h4,6,9,15H,2-3,5,7-8,10H2,1H3,(H,13,14). The molecule has 0 radical (unpaired) electrons. The molecule has 0 saturated heterocycles. The van der Waals surface area contributed by atoms with E-state index in [4.69, 9.17) is 5.11 Å². The molecule has 0 unspecified atom stereocenters. The Labute approximate surface area is 102 Å². The second-order valence-corrected chi connectivity index (χ2v) is 4.70. The lowest BCUT2D eigenvalue weighted by Crippen LogP contribution is -2.00. The minimum Gasteiger partial charge on any atom is -0.396 e. The summed E-state index contributed by atoms with van der Waals surface area (Å²) in [4.78, 5) is 4.32. The van der Waals surface area contributed by atoms with E-state index < -0.39 is 0 Å². The predicted octanol–water partition coefficient (Wildman–Crippen LogP) is 2.52. The van der Waals surface area contributed by atoms with Crippen LogP contribution in [0.1, 0.15) is 25.5 Å². The van der Waals surface area contributed by atoms with Crippen molar-refractivity contribution < 1.29 is 5.11 Å². The number of aliphatic hydroxyl groups excluding tert-OH is 1. The van der Waals surface area contributed by atoms with Crippen LogP contribution in [-0.2, 0) is 5.75 Å². The van der Waals surface area contributed by atoms with Gasteiger partial charge in [0.25, 0.3) is 0 Å². The maximum atomic E-state index is 8.67. The van der Waals surface area contributed by atoms with E-state index in [1.54, 1.807) is 0 Å². The number of aromatic nitrogens is 1. The highest BCUT2D eigenvalue weighted by atomic mass is 32.2. The van der Waals surface area contributed by atoms with Gasteiger partial charge in [-0.3, -0.25) is 4.98 Å². The number of aliphatic hydroxyl groups is 1. The van der Waals surface area contributed by atoms with Crippen molar-refractivity contribution >= 4 is 17.4 Å². The summed E-state index contributed by atoms with van der Waals surface area (Å²) in [5.41, 5.74) is 2.25. The Morgan fingerprint density at radius 2 is 2.38 bits per heavy atom. The molecule has 0 atom stereocenters. The van der Waals surface area contributed by atoms with Crippen LogP contribution in [0, 0.1) is 0 Å². The summed E-state index contributed by atoms with van der Waals surface area (Å²) in [7, 11) is 0. The average Bonchev–Trinajstić information content (AvgIpc) is 2.33. The van der Waals surface area contributed by atoms with Crippen LogP contribution in [0.4, 0.5) is 5.69 Å². The summed E-state index contributed by atoms with van der Waals surface area (Å²) in [5.74, 6) is 1.91. The highest BCUT2D eigenvalue weighted by molar-refractivity contribution is 7.98. The first kappa shape index (κ1) is 13.3. The van der Waals surface area contributed by atoms with E-state index in [-0.39, 0.29) is 6.61 Å². The SMILES string of the molecule is CCCNc1ccnc(CSCCCO)c1. The molecule has 0 bridgehead atoms. The van der Waals surface area contributed by atoms with E-state index in [1.165, 1.54) is 0 Å². The Balaban J connectivity index is 2.35. The van der Waals surface area contributed by atoms with Crippen molar-refractivity contribution in [2.45, 2.75) is 25.5 Å². The van der Waals surface area contributed by atoms with Gasteiger partial charge < -0.3 is 10.4 Å². The zero-order valence-electron chi connectivity index (χ0n) is 9.78. The molecule has 0 saturated carbocycles. The van der Waals surface area contributed by atoms with Crippen LogP contribution in [0.25, 0.3) is 0 Å². The van der Waals surface area contributed by atoms with Crippen LogP contribution in [0.3, 0.4) is 0 Å². The van der Waals surface area contributed by atoms with E-state index in [1.807, 2.05) is 24.0 Å². The third-order valence-electron chi connectivity index (χ3n) is 2.09. The van der Waals surface area contributed by atoms with Crippen molar-refractivity contribution in [3.05, 3.63) is 24.0 Å². The van der Waals surface area contributed by atoms with E-state index in [2.05, 4.69) is 23.3 Å². The van der Waals surface area contributed by atoms with Crippen molar-refractivity contribution in [2.75, 3.05) is 24.2 Å². The summed E-state index contributed by atoms with van der Waals surface area (Å²) < 4.78 is 0. The molecule has 0 aromatic carbocycles. The maximum absolute atomic E-state index is 8.67. The Morgan fingerprint density at radius 1 is 1.50 bits per heavy atom. The quantitative estimate of drug-likeness (QED) is 0.685. The van der Waals surface area contributed by atoms with Crippen molar-refractivity contribution in [2.24, 2.45) is 0 Å². The summed E-state index contributed by atoms with van der Waals surface area (Å²) in [5, 5.41) is 12.0. The molecule has 1 aromatic rings. The Morgan fingerprint density at radius 3 is 3.12 bits per heavy atom. The molecule has 90 valence electrons. The first-order valence-electron chi connectivity index (χ1n) is 5.74. The van der Waals surface area contributed by atoms with Crippen LogP contribution < -0.4 is 5.32 Å². The number of hydrogen-bond acceptors (Lipinski definition) is 4. The molecular weight excluding hydrogens is 220 g/mol. The molecule has 16 heavy (non-hydrogen) atoms. The zero-order chi connectivity index (χ0) is 11.6. The van der Waals surface area contributed by atoms with E-state index in [0.29, 0.717) is 0 Å². The lowest BCUT2D eigenvalue weighted by atomic mass is 10.3. The minimum atomic E-state index is 0.276. The fourth-order valence-corrected chi connectivity index (χ4v) is 2.12. The van der Waals surface area contributed by atoms with Crippen molar-refractivity contribution in [1.29, 1.82) is 0 Å². The van der Waals surface area contributed by atoms with Gasteiger partial charge in [0.05, 0.1) is 5.69 Å². The molecule has 0 spiro atoms. The second kappa shape index (κ2) is 8.42. The van der Waals surface area contributed by atoms with Gasteiger partial charge >= 0.3 is 0 Å². The molecule has 4 heteroatoms. The van der Waals surface area contributed by atoms with Crippen molar-refractivity contribution in [1.82, 2.24) is 4.98 Å². The average molecular weight is 240 g/mol. The Hall–Kier alpha value is -0.740. The van der Waals surface area contributed by atoms with E-state index in [0.717, 1.165) is 42.3 Å². The smallest absolute Gasteiger partial charge is 0.0523 e. The topological polar surface area (TPSA) is 45.2 Å². The number of nitrogens with zero attached hydrogens (tertiary/aromatic N) is 1. The Kier molecular flexibility index (Phi) is 7.01. The van der Waals surface area contributed by atoms with Gasteiger partial charge in [0.15, 0.2) is 0 Å². The van der Waals surface area contributed by atoms with Gasteiger partial charge in [-0.05, 0) is 30.7 Å². The molecule has 0 aliphatic carbocycles. The van der Waals surface area contributed by atoms with Crippen LogP contribution in [-0.4, -0.2) is 29.0 Å². The molecule has 0 amide bonds. The molecule has 1 heterocycles. The molecule has 3 nitrogen and oxygen atoms in total. The molecular formula is C12H20N2OS. The summed E-state index contributed by atoms with van der Waals surface area (Å²) >= 11 is 1.81. The molecule has 1 aromatic heterocycles. The Bertz CT molecular complexity index is 294. The van der Waals surface area contributed by atoms with Gasteiger partial charge in [-0.15, -0.1) is 0 Å².